The minimum atomic E-state index is -0.345. The summed E-state index contributed by atoms with van der Waals surface area (Å²) in [7, 11) is 0. The van der Waals surface area contributed by atoms with Gasteiger partial charge in [0.25, 0.3) is 0 Å². The van der Waals surface area contributed by atoms with Crippen molar-refractivity contribution in [1.29, 1.82) is 0 Å². The number of halogens is 1. The number of ether oxygens (including phenoxy) is 2. The Labute approximate surface area is 126 Å². The quantitative estimate of drug-likeness (QED) is 0.453. The summed E-state index contributed by atoms with van der Waals surface area (Å²) in [6.45, 7) is 2.60. The van der Waals surface area contributed by atoms with Gasteiger partial charge in [-0.05, 0) is 18.9 Å². The van der Waals surface area contributed by atoms with Gasteiger partial charge in [0.05, 0.1) is 6.61 Å². The van der Waals surface area contributed by atoms with E-state index in [-0.39, 0.29) is 22.7 Å². The summed E-state index contributed by atoms with van der Waals surface area (Å²) in [6.07, 6.45) is 0.648. The number of carbonyl (C=O) groups is 2. The monoisotopic (exact) mass is 340 g/mol. The Morgan fingerprint density at radius 2 is 2.10 bits per heavy atom. The summed E-state index contributed by atoms with van der Waals surface area (Å²) in [5.74, 6) is -0.162. The number of rotatable bonds is 6. The average Bonchev–Trinajstić information content (AvgIpc) is 2.69. The SMILES string of the molecule is CCOC(=O)CCCOC1c2ccccc2C(=O)C1Br. The largest absolute Gasteiger partial charge is 0.466 e. The standard InChI is InChI=1S/C15H17BrO4/c1-2-19-12(17)8-5-9-20-15-11-7-4-3-6-10(11)14(18)13(15)16/h3-4,6-7,13,15H,2,5,8-9H2,1H3. The summed E-state index contributed by atoms with van der Waals surface area (Å²) >= 11 is 3.39. The number of ketones is 1. The van der Waals surface area contributed by atoms with E-state index in [2.05, 4.69) is 15.9 Å². The highest BCUT2D eigenvalue weighted by Crippen LogP contribution is 2.38. The van der Waals surface area contributed by atoms with Gasteiger partial charge < -0.3 is 9.47 Å². The second-order valence-electron chi connectivity index (χ2n) is 4.55. The Balaban J connectivity index is 1.87. The van der Waals surface area contributed by atoms with Crippen molar-refractivity contribution in [1.82, 2.24) is 0 Å². The fourth-order valence-electron chi connectivity index (χ4n) is 2.25. The van der Waals surface area contributed by atoms with Crippen molar-refractivity contribution in [3.05, 3.63) is 35.4 Å². The Bertz CT molecular complexity index is 500. The van der Waals surface area contributed by atoms with Crippen LogP contribution in [0.4, 0.5) is 0 Å². The lowest BCUT2D eigenvalue weighted by Gasteiger charge is -2.15. The third-order valence-corrected chi connectivity index (χ3v) is 4.07. The minimum absolute atomic E-state index is 0.0518. The van der Waals surface area contributed by atoms with Crippen molar-refractivity contribution < 1.29 is 19.1 Å². The van der Waals surface area contributed by atoms with Gasteiger partial charge in [0.2, 0.25) is 0 Å². The molecule has 0 spiro atoms. The van der Waals surface area contributed by atoms with E-state index in [4.69, 9.17) is 9.47 Å². The molecule has 1 aromatic carbocycles. The van der Waals surface area contributed by atoms with E-state index >= 15 is 0 Å². The van der Waals surface area contributed by atoms with Crippen molar-refractivity contribution >= 4 is 27.7 Å². The normalized spacial score (nSPS) is 20.8. The predicted molar refractivity (Wildman–Crippen MR) is 78.0 cm³/mol. The van der Waals surface area contributed by atoms with Gasteiger partial charge in [-0.25, -0.2) is 0 Å². The molecule has 4 nitrogen and oxygen atoms in total. The van der Waals surface area contributed by atoms with Crippen LogP contribution in [0.25, 0.3) is 0 Å². The number of benzene rings is 1. The molecular formula is C15H17BrO4. The number of carbonyl (C=O) groups excluding carboxylic acids is 2. The molecular weight excluding hydrogens is 324 g/mol. The summed E-state index contributed by atoms with van der Waals surface area (Å²) in [5.41, 5.74) is 1.63. The lowest BCUT2D eigenvalue weighted by molar-refractivity contribution is -0.143. The fraction of sp³-hybridized carbons (Fsp3) is 0.467. The van der Waals surface area contributed by atoms with E-state index < -0.39 is 0 Å². The van der Waals surface area contributed by atoms with E-state index in [1.54, 1.807) is 6.92 Å². The Morgan fingerprint density at radius 3 is 2.85 bits per heavy atom. The summed E-state index contributed by atoms with van der Waals surface area (Å²) in [5, 5.41) is 0. The molecule has 0 radical (unpaired) electrons. The molecule has 0 heterocycles. The number of fused-ring (bicyclic) bond motifs is 1. The highest BCUT2D eigenvalue weighted by Gasteiger charge is 2.38. The molecule has 20 heavy (non-hydrogen) atoms. The van der Waals surface area contributed by atoms with Crippen LogP contribution in [0.2, 0.25) is 0 Å². The zero-order chi connectivity index (χ0) is 14.5. The molecule has 0 saturated heterocycles. The molecule has 1 aliphatic rings. The molecule has 0 aromatic heterocycles. The molecule has 0 amide bonds. The predicted octanol–water partition coefficient (Wildman–Crippen LogP) is 3.05. The molecule has 108 valence electrons. The highest BCUT2D eigenvalue weighted by molar-refractivity contribution is 9.10. The van der Waals surface area contributed by atoms with Gasteiger partial charge in [0.15, 0.2) is 5.78 Å². The van der Waals surface area contributed by atoms with Crippen LogP contribution in [-0.2, 0) is 14.3 Å². The van der Waals surface area contributed by atoms with E-state index in [1.165, 1.54) is 0 Å². The van der Waals surface area contributed by atoms with Crippen LogP contribution in [-0.4, -0.2) is 29.8 Å². The van der Waals surface area contributed by atoms with Crippen molar-refractivity contribution in [2.45, 2.75) is 30.7 Å². The number of hydrogen-bond acceptors (Lipinski definition) is 4. The molecule has 1 aromatic rings. The van der Waals surface area contributed by atoms with Crippen LogP contribution in [0.15, 0.2) is 24.3 Å². The van der Waals surface area contributed by atoms with Gasteiger partial charge in [-0.2, -0.15) is 0 Å². The second kappa shape index (κ2) is 6.99. The lowest BCUT2D eigenvalue weighted by Crippen LogP contribution is -2.16. The second-order valence-corrected chi connectivity index (χ2v) is 5.54. The number of alkyl halides is 1. The first-order chi connectivity index (χ1) is 9.65. The van der Waals surface area contributed by atoms with Crippen LogP contribution in [0.5, 0.6) is 0 Å². The molecule has 0 bridgehead atoms. The highest BCUT2D eigenvalue weighted by atomic mass is 79.9. The van der Waals surface area contributed by atoms with Crippen molar-refractivity contribution in [3.63, 3.8) is 0 Å². The fourth-order valence-corrected chi connectivity index (χ4v) is 2.93. The van der Waals surface area contributed by atoms with E-state index in [0.29, 0.717) is 31.6 Å². The number of esters is 1. The van der Waals surface area contributed by atoms with Crippen LogP contribution >= 0.6 is 15.9 Å². The van der Waals surface area contributed by atoms with Crippen LogP contribution in [0.1, 0.15) is 41.8 Å². The maximum atomic E-state index is 12.0. The third kappa shape index (κ3) is 3.27. The summed E-state index contributed by atoms with van der Waals surface area (Å²) < 4.78 is 10.6. The molecule has 1 aliphatic carbocycles. The van der Waals surface area contributed by atoms with Crippen molar-refractivity contribution in [2.24, 2.45) is 0 Å². The summed E-state index contributed by atoms with van der Waals surface area (Å²) in [4.78, 5) is 22.9. The number of Topliss-reactive ketones (excluding diaryl/α,β-unsaturated/α-hetero) is 1. The van der Waals surface area contributed by atoms with Gasteiger partial charge in [-0.3, -0.25) is 9.59 Å². The van der Waals surface area contributed by atoms with Gasteiger partial charge >= 0.3 is 5.97 Å². The summed E-state index contributed by atoms with van der Waals surface area (Å²) in [6, 6.07) is 7.46. The van der Waals surface area contributed by atoms with Gasteiger partial charge in [-0.1, -0.05) is 40.2 Å². The third-order valence-electron chi connectivity index (χ3n) is 3.18. The Morgan fingerprint density at radius 1 is 1.35 bits per heavy atom. The average molecular weight is 341 g/mol. The zero-order valence-corrected chi connectivity index (χ0v) is 12.9. The first-order valence-electron chi connectivity index (χ1n) is 6.69. The minimum Gasteiger partial charge on any atom is -0.466 e. The molecule has 2 rings (SSSR count). The maximum absolute atomic E-state index is 12.0. The van der Waals surface area contributed by atoms with Gasteiger partial charge in [0, 0.05) is 18.6 Å². The molecule has 0 aliphatic heterocycles. The topological polar surface area (TPSA) is 52.6 Å². The molecule has 5 heteroatoms. The van der Waals surface area contributed by atoms with Crippen LogP contribution in [0, 0.1) is 0 Å². The smallest absolute Gasteiger partial charge is 0.305 e. The number of hydrogen-bond donors (Lipinski definition) is 0. The van der Waals surface area contributed by atoms with Crippen molar-refractivity contribution in [2.75, 3.05) is 13.2 Å². The Hall–Kier alpha value is -1.20. The van der Waals surface area contributed by atoms with E-state index in [1.807, 2.05) is 24.3 Å². The van der Waals surface area contributed by atoms with E-state index in [9.17, 15) is 9.59 Å². The zero-order valence-electron chi connectivity index (χ0n) is 11.3. The molecule has 0 saturated carbocycles. The van der Waals surface area contributed by atoms with E-state index in [0.717, 1.165) is 5.56 Å². The lowest BCUT2D eigenvalue weighted by atomic mass is 10.1. The molecule has 0 fully saturated rings. The van der Waals surface area contributed by atoms with Gasteiger partial charge in [0.1, 0.15) is 10.9 Å². The molecule has 2 atom stereocenters. The Kier molecular flexibility index (Phi) is 5.31. The van der Waals surface area contributed by atoms with Crippen LogP contribution < -0.4 is 0 Å². The molecule has 0 N–H and O–H groups in total. The van der Waals surface area contributed by atoms with Crippen LogP contribution in [0.3, 0.4) is 0 Å². The van der Waals surface area contributed by atoms with Crippen molar-refractivity contribution in [3.8, 4) is 0 Å². The maximum Gasteiger partial charge on any atom is 0.305 e. The first-order valence-corrected chi connectivity index (χ1v) is 7.61. The van der Waals surface area contributed by atoms with Gasteiger partial charge in [-0.15, -0.1) is 0 Å². The first kappa shape index (κ1) is 15.2. The molecule has 2 unspecified atom stereocenters.